The molecule has 2 rings (SSSR count). The Labute approximate surface area is 117 Å². The molecule has 0 radical (unpaired) electrons. The first-order chi connectivity index (χ1) is 9.76. The van der Waals surface area contributed by atoms with Gasteiger partial charge in [-0.3, -0.25) is 0 Å². The lowest BCUT2D eigenvalue weighted by atomic mass is 10.1. The molecule has 0 amide bonds. The van der Waals surface area contributed by atoms with Crippen LogP contribution in [0.4, 0.5) is 5.82 Å². The highest BCUT2D eigenvalue weighted by molar-refractivity contribution is 5.41. The fraction of sp³-hybridized carbons (Fsp3) is 0.286. The number of nitrogens with one attached hydrogen (secondary N) is 1. The van der Waals surface area contributed by atoms with Gasteiger partial charge >= 0.3 is 0 Å². The Morgan fingerprint density at radius 1 is 1.30 bits per heavy atom. The Kier molecular flexibility index (Phi) is 4.86. The number of aliphatic hydroxyl groups excluding tert-OH is 1. The van der Waals surface area contributed by atoms with E-state index in [1.807, 2.05) is 31.2 Å². The predicted molar refractivity (Wildman–Crippen MR) is 76.5 cm³/mol. The van der Waals surface area contributed by atoms with Crippen molar-refractivity contribution < 1.29 is 9.84 Å². The molecule has 106 valence electrons. The molecule has 6 heteroatoms. The summed E-state index contributed by atoms with van der Waals surface area (Å²) in [5, 5.41) is 9.07. The van der Waals surface area contributed by atoms with Crippen LogP contribution in [-0.2, 0) is 12.8 Å². The number of benzene rings is 1. The van der Waals surface area contributed by atoms with Gasteiger partial charge in [0.05, 0.1) is 0 Å². The smallest absolute Gasteiger partial charge is 0.224 e. The number of rotatable bonds is 6. The number of aryl methyl sites for hydroxylation is 1. The number of hydrogen-bond donors (Lipinski definition) is 3. The van der Waals surface area contributed by atoms with Crippen LogP contribution >= 0.6 is 0 Å². The molecule has 6 nitrogen and oxygen atoms in total. The summed E-state index contributed by atoms with van der Waals surface area (Å²) in [4.78, 5) is 8.51. The van der Waals surface area contributed by atoms with E-state index in [0.717, 1.165) is 5.56 Å². The summed E-state index contributed by atoms with van der Waals surface area (Å²) in [6, 6.07) is 9.17. The first-order valence-electron chi connectivity index (χ1n) is 6.48. The lowest BCUT2D eigenvalue weighted by Crippen LogP contribution is -2.10. The summed E-state index contributed by atoms with van der Waals surface area (Å²) < 4.78 is 5.79. The maximum atomic E-state index is 9.07. The zero-order valence-corrected chi connectivity index (χ0v) is 11.3. The number of anilines is 1. The van der Waals surface area contributed by atoms with Crippen LogP contribution in [0.3, 0.4) is 0 Å². The highest BCUT2D eigenvalue weighted by Crippen LogP contribution is 2.25. The van der Waals surface area contributed by atoms with E-state index in [4.69, 9.17) is 15.7 Å². The third-order valence-electron chi connectivity index (χ3n) is 2.78. The molecule has 0 atom stereocenters. The Morgan fingerprint density at radius 2 is 2.10 bits per heavy atom. The Bertz CT molecular complexity index is 553. The Morgan fingerprint density at radius 3 is 2.80 bits per heavy atom. The van der Waals surface area contributed by atoms with E-state index in [1.165, 1.54) is 0 Å². The molecule has 1 aromatic heterocycles. The van der Waals surface area contributed by atoms with E-state index < -0.39 is 0 Å². The molecule has 2 aromatic rings. The van der Waals surface area contributed by atoms with Gasteiger partial charge in [-0.2, -0.15) is 4.98 Å². The van der Waals surface area contributed by atoms with Crippen molar-refractivity contribution >= 4 is 5.82 Å². The molecule has 0 aliphatic carbocycles. The van der Waals surface area contributed by atoms with Crippen molar-refractivity contribution in [2.75, 3.05) is 12.0 Å². The van der Waals surface area contributed by atoms with Crippen molar-refractivity contribution in [3.8, 4) is 11.6 Å². The van der Waals surface area contributed by atoms with Gasteiger partial charge in [0.25, 0.3) is 0 Å². The fourth-order valence-electron chi connectivity index (χ4n) is 1.80. The van der Waals surface area contributed by atoms with Gasteiger partial charge in [0.1, 0.15) is 17.4 Å². The van der Waals surface area contributed by atoms with Gasteiger partial charge in [-0.15, -0.1) is 0 Å². The molecule has 0 unspecified atom stereocenters. The monoisotopic (exact) mass is 274 g/mol. The molecular weight excluding hydrogens is 256 g/mol. The molecular formula is C14H18N4O2. The van der Waals surface area contributed by atoms with Crippen molar-refractivity contribution in [2.24, 2.45) is 5.84 Å². The van der Waals surface area contributed by atoms with Crippen molar-refractivity contribution in [3.63, 3.8) is 0 Å². The lowest BCUT2D eigenvalue weighted by Gasteiger charge is -2.11. The molecule has 0 aliphatic heterocycles. The van der Waals surface area contributed by atoms with Gasteiger partial charge in [-0.25, -0.2) is 10.8 Å². The van der Waals surface area contributed by atoms with Crippen LogP contribution in [0, 0.1) is 0 Å². The number of nitrogen functional groups attached to an aromatic ring is 1. The Balaban J connectivity index is 2.29. The average molecular weight is 274 g/mol. The number of nitrogens with zero attached hydrogens (tertiary/aromatic N) is 2. The quantitative estimate of drug-likeness (QED) is 0.548. The average Bonchev–Trinajstić information content (AvgIpc) is 2.49. The standard InChI is InChI=1S/C14H18N4O2/c1-2-12-16-13(18-15)9-14(17-12)20-11-6-4-3-5-10(11)7-8-19/h3-6,9,19H,2,7-8,15H2,1H3,(H,16,17,18). The van der Waals surface area contributed by atoms with Crippen LogP contribution in [0.25, 0.3) is 0 Å². The second-order valence-corrected chi connectivity index (χ2v) is 4.19. The summed E-state index contributed by atoms with van der Waals surface area (Å²) in [7, 11) is 0. The van der Waals surface area contributed by atoms with Crippen molar-refractivity contribution in [1.82, 2.24) is 9.97 Å². The van der Waals surface area contributed by atoms with Gasteiger partial charge in [0.15, 0.2) is 0 Å². The summed E-state index contributed by atoms with van der Waals surface area (Å²) in [5.74, 6) is 7.64. The summed E-state index contributed by atoms with van der Waals surface area (Å²) in [5.41, 5.74) is 3.42. The summed E-state index contributed by atoms with van der Waals surface area (Å²) >= 11 is 0. The van der Waals surface area contributed by atoms with Crippen molar-refractivity contribution in [3.05, 3.63) is 41.7 Å². The minimum Gasteiger partial charge on any atom is -0.439 e. The first kappa shape index (κ1) is 14.2. The Hall–Kier alpha value is -2.18. The molecule has 4 N–H and O–H groups in total. The van der Waals surface area contributed by atoms with E-state index in [0.29, 0.717) is 36.1 Å². The number of nitrogens with two attached hydrogens (primary N) is 1. The molecule has 1 heterocycles. The topological polar surface area (TPSA) is 93.3 Å². The SMILES string of the molecule is CCc1nc(NN)cc(Oc2ccccc2CCO)n1. The van der Waals surface area contributed by atoms with E-state index in [1.54, 1.807) is 6.07 Å². The van der Waals surface area contributed by atoms with Crippen LogP contribution in [0.1, 0.15) is 18.3 Å². The van der Waals surface area contributed by atoms with Crippen LogP contribution in [0.5, 0.6) is 11.6 Å². The molecule has 0 fully saturated rings. The van der Waals surface area contributed by atoms with Crippen LogP contribution in [0.15, 0.2) is 30.3 Å². The second-order valence-electron chi connectivity index (χ2n) is 4.19. The van der Waals surface area contributed by atoms with Gasteiger partial charge in [-0.05, 0) is 18.1 Å². The third-order valence-corrected chi connectivity index (χ3v) is 2.78. The lowest BCUT2D eigenvalue weighted by molar-refractivity contribution is 0.297. The number of para-hydroxylation sites is 1. The van der Waals surface area contributed by atoms with Gasteiger partial charge < -0.3 is 15.3 Å². The normalized spacial score (nSPS) is 10.3. The summed E-state index contributed by atoms with van der Waals surface area (Å²) in [6.45, 7) is 2.03. The van der Waals surface area contributed by atoms with Gasteiger partial charge in [0.2, 0.25) is 5.88 Å². The minimum absolute atomic E-state index is 0.0694. The van der Waals surface area contributed by atoms with Crippen LogP contribution < -0.4 is 16.0 Å². The zero-order chi connectivity index (χ0) is 14.4. The number of ether oxygens (including phenoxy) is 1. The summed E-state index contributed by atoms with van der Waals surface area (Å²) in [6.07, 6.45) is 1.22. The molecule has 0 bridgehead atoms. The largest absolute Gasteiger partial charge is 0.439 e. The molecule has 0 saturated carbocycles. The van der Waals surface area contributed by atoms with Crippen molar-refractivity contribution in [2.45, 2.75) is 19.8 Å². The minimum atomic E-state index is 0.0694. The number of hydrogen-bond acceptors (Lipinski definition) is 6. The number of aliphatic hydroxyl groups is 1. The van der Waals surface area contributed by atoms with E-state index in [-0.39, 0.29) is 6.61 Å². The van der Waals surface area contributed by atoms with E-state index >= 15 is 0 Å². The highest BCUT2D eigenvalue weighted by atomic mass is 16.5. The fourth-order valence-corrected chi connectivity index (χ4v) is 1.80. The molecule has 1 aromatic carbocycles. The first-order valence-corrected chi connectivity index (χ1v) is 6.48. The second kappa shape index (κ2) is 6.83. The van der Waals surface area contributed by atoms with Crippen molar-refractivity contribution in [1.29, 1.82) is 0 Å². The molecule has 0 spiro atoms. The van der Waals surface area contributed by atoms with E-state index in [9.17, 15) is 0 Å². The van der Waals surface area contributed by atoms with Crippen LogP contribution in [0.2, 0.25) is 0 Å². The highest BCUT2D eigenvalue weighted by Gasteiger charge is 2.08. The molecule has 0 aliphatic rings. The molecule has 0 saturated heterocycles. The third kappa shape index (κ3) is 3.43. The van der Waals surface area contributed by atoms with Gasteiger partial charge in [-0.1, -0.05) is 25.1 Å². The van der Waals surface area contributed by atoms with Gasteiger partial charge in [0, 0.05) is 19.1 Å². The maximum Gasteiger partial charge on any atom is 0.224 e. The van der Waals surface area contributed by atoms with Crippen LogP contribution in [-0.4, -0.2) is 21.7 Å². The predicted octanol–water partition coefficient (Wildman–Crippen LogP) is 1.65. The van der Waals surface area contributed by atoms with E-state index in [2.05, 4.69) is 15.4 Å². The number of aromatic nitrogens is 2. The molecule has 20 heavy (non-hydrogen) atoms. The zero-order valence-electron chi connectivity index (χ0n) is 11.3. The maximum absolute atomic E-state index is 9.07. The number of hydrazine groups is 1.